The topological polar surface area (TPSA) is 137 Å². The number of amides is 4. The van der Waals surface area contributed by atoms with Crippen molar-refractivity contribution in [1.29, 1.82) is 0 Å². The fourth-order valence-electron chi connectivity index (χ4n) is 5.70. The van der Waals surface area contributed by atoms with E-state index in [4.69, 9.17) is 5.84 Å². The van der Waals surface area contributed by atoms with Gasteiger partial charge in [-0.2, -0.15) is 10.1 Å². The first kappa shape index (κ1) is 30.0. The van der Waals surface area contributed by atoms with Crippen LogP contribution in [0, 0.1) is 5.92 Å². The van der Waals surface area contributed by atoms with E-state index in [2.05, 4.69) is 5.10 Å². The maximum Gasteiger partial charge on any atom is 0.347 e. The van der Waals surface area contributed by atoms with E-state index >= 15 is 0 Å². The Kier molecular flexibility index (Phi) is 8.43. The largest absolute Gasteiger partial charge is 0.481 e. The van der Waals surface area contributed by atoms with E-state index in [0.717, 1.165) is 31.9 Å². The van der Waals surface area contributed by atoms with Crippen molar-refractivity contribution >= 4 is 40.8 Å². The van der Waals surface area contributed by atoms with Crippen molar-refractivity contribution in [2.24, 2.45) is 16.9 Å². The van der Waals surface area contributed by atoms with Crippen LogP contribution in [0.15, 0.2) is 102 Å². The molecule has 1 saturated heterocycles. The van der Waals surface area contributed by atoms with Gasteiger partial charge in [-0.15, -0.1) is 0 Å². The van der Waals surface area contributed by atoms with Gasteiger partial charge in [-0.05, 0) is 46.4 Å². The number of imide groups is 1. The van der Waals surface area contributed by atoms with E-state index in [9.17, 15) is 24.3 Å². The van der Waals surface area contributed by atoms with Gasteiger partial charge in [0.15, 0.2) is 0 Å². The molecule has 0 aromatic heterocycles. The van der Waals surface area contributed by atoms with Crippen molar-refractivity contribution in [2.75, 3.05) is 6.54 Å². The third-order valence-electron chi connectivity index (χ3n) is 8.13. The van der Waals surface area contributed by atoms with E-state index in [-0.39, 0.29) is 19.5 Å². The van der Waals surface area contributed by atoms with Crippen molar-refractivity contribution < 1.29 is 24.3 Å². The number of rotatable bonds is 10. The molecule has 1 aliphatic heterocycles. The molecule has 2 atom stereocenters. The second kappa shape index (κ2) is 12.4. The molecule has 0 radical (unpaired) electrons. The summed E-state index contributed by atoms with van der Waals surface area (Å²) in [7, 11) is 0. The first-order chi connectivity index (χ1) is 21.1. The molecular formula is C34H33N5O5. The molecular weight excluding hydrogens is 558 g/mol. The van der Waals surface area contributed by atoms with Crippen LogP contribution in [0.3, 0.4) is 0 Å². The number of urea groups is 1. The summed E-state index contributed by atoms with van der Waals surface area (Å²) in [6, 6.07) is 28.6. The van der Waals surface area contributed by atoms with Crippen molar-refractivity contribution in [3.05, 3.63) is 119 Å². The van der Waals surface area contributed by atoms with Crippen LogP contribution in [0.5, 0.6) is 0 Å². The van der Waals surface area contributed by atoms with Crippen LogP contribution in [0.1, 0.15) is 36.1 Å². The van der Waals surface area contributed by atoms with E-state index in [1.165, 1.54) is 18.0 Å². The van der Waals surface area contributed by atoms with Gasteiger partial charge in [0.1, 0.15) is 5.54 Å². The normalized spacial score (nSPS) is 17.4. The molecule has 0 spiro atoms. The number of fused-ring (bicyclic) bond motifs is 1. The van der Waals surface area contributed by atoms with Crippen LogP contribution in [0.25, 0.3) is 10.8 Å². The van der Waals surface area contributed by atoms with E-state index in [1.807, 2.05) is 72.8 Å². The number of hydrogen-bond donors (Lipinski definition) is 2. The number of hydrogen-bond acceptors (Lipinski definition) is 6. The maximum absolute atomic E-state index is 14.4. The molecule has 4 aromatic rings. The fraction of sp³-hybridized carbons (Fsp3) is 0.206. The Morgan fingerprint density at radius 3 is 2.27 bits per heavy atom. The third kappa shape index (κ3) is 5.61. The van der Waals surface area contributed by atoms with Crippen molar-refractivity contribution in [1.82, 2.24) is 14.9 Å². The summed E-state index contributed by atoms with van der Waals surface area (Å²) in [5.41, 5.74) is 1.27. The molecule has 1 aliphatic rings. The van der Waals surface area contributed by atoms with Gasteiger partial charge in [0.25, 0.3) is 5.91 Å². The molecule has 5 rings (SSSR count). The average Bonchev–Trinajstić information content (AvgIpc) is 3.20. The Bertz CT molecular complexity index is 1740. The van der Waals surface area contributed by atoms with Gasteiger partial charge in [0, 0.05) is 13.5 Å². The minimum Gasteiger partial charge on any atom is -0.481 e. The second-order valence-corrected chi connectivity index (χ2v) is 10.9. The monoisotopic (exact) mass is 591 g/mol. The van der Waals surface area contributed by atoms with Gasteiger partial charge >= 0.3 is 12.0 Å². The van der Waals surface area contributed by atoms with Gasteiger partial charge in [0.2, 0.25) is 5.91 Å². The number of carboxylic acid groups (broad SMARTS) is 1. The van der Waals surface area contributed by atoms with Gasteiger partial charge in [-0.25, -0.2) is 9.80 Å². The quantitative estimate of drug-likeness (QED) is 0.120. The molecule has 10 nitrogen and oxygen atoms in total. The summed E-state index contributed by atoms with van der Waals surface area (Å²) in [5.74, 6) is 1.74. The van der Waals surface area contributed by atoms with Crippen molar-refractivity contribution in [3.8, 4) is 0 Å². The van der Waals surface area contributed by atoms with Crippen molar-refractivity contribution in [3.63, 3.8) is 0 Å². The molecule has 0 bridgehead atoms. The minimum atomic E-state index is -1.51. The van der Waals surface area contributed by atoms with E-state index in [1.54, 1.807) is 31.2 Å². The molecule has 1 fully saturated rings. The number of nitrogens with two attached hydrogens (primary N) is 1. The third-order valence-corrected chi connectivity index (χ3v) is 8.13. The van der Waals surface area contributed by atoms with Crippen LogP contribution >= 0.6 is 0 Å². The summed E-state index contributed by atoms with van der Waals surface area (Å²) in [6.07, 6.45) is 1.55. The molecule has 3 N–H and O–H groups in total. The predicted octanol–water partition coefficient (Wildman–Crippen LogP) is 4.52. The minimum absolute atomic E-state index is 0.0779. The van der Waals surface area contributed by atoms with Crippen LogP contribution in [-0.4, -0.2) is 56.6 Å². The summed E-state index contributed by atoms with van der Waals surface area (Å²) in [4.78, 5) is 55.6. The van der Waals surface area contributed by atoms with E-state index < -0.39 is 35.3 Å². The predicted molar refractivity (Wildman–Crippen MR) is 166 cm³/mol. The zero-order valence-corrected chi connectivity index (χ0v) is 24.5. The smallest absolute Gasteiger partial charge is 0.347 e. The molecule has 4 amide bonds. The molecule has 4 aromatic carbocycles. The van der Waals surface area contributed by atoms with Gasteiger partial charge < -0.3 is 10.9 Å². The molecule has 0 unspecified atom stereocenters. The Balaban J connectivity index is 1.53. The highest BCUT2D eigenvalue weighted by Gasteiger charge is 2.58. The molecule has 0 aliphatic carbocycles. The lowest BCUT2D eigenvalue weighted by atomic mass is 9.89. The number of carbonyl (C=O) groups excluding carboxylic acids is 3. The lowest BCUT2D eigenvalue weighted by Crippen LogP contribution is -2.53. The Morgan fingerprint density at radius 1 is 0.955 bits per heavy atom. The average molecular weight is 592 g/mol. The first-order valence-electron chi connectivity index (χ1n) is 14.2. The highest BCUT2D eigenvalue weighted by molar-refractivity contribution is 6.08. The van der Waals surface area contributed by atoms with Crippen LogP contribution in [0.4, 0.5) is 4.79 Å². The molecule has 10 heteroatoms. The lowest BCUT2D eigenvalue weighted by Gasteiger charge is -2.32. The highest BCUT2D eigenvalue weighted by atomic mass is 16.4. The number of hydrazine groups is 1. The maximum atomic E-state index is 14.4. The van der Waals surface area contributed by atoms with Crippen LogP contribution in [0.2, 0.25) is 0 Å². The van der Waals surface area contributed by atoms with E-state index in [0.29, 0.717) is 11.1 Å². The molecule has 1 heterocycles. The van der Waals surface area contributed by atoms with Gasteiger partial charge in [0.05, 0.1) is 18.7 Å². The standard InChI is InChI=1S/C34H33N5O5/c1-23(40)38(22-28(31(41)42)19-27-13-8-12-26-11-6-7-14-30(26)27)39-32(43)34(2,29-17-15-24(16-18-29)20-36-35)37(33(39)44)21-25-9-4-3-5-10-25/h3-18,20,28H,19,21-22,35H2,1-2H3,(H,41,42)/t28-,34-/m1/s1. The first-order valence-corrected chi connectivity index (χ1v) is 14.2. The van der Waals surface area contributed by atoms with Crippen LogP contribution < -0.4 is 5.84 Å². The zero-order valence-electron chi connectivity index (χ0n) is 24.5. The highest BCUT2D eigenvalue weighted by Crippen LogP contribution is 2.39. The summed E-state index contributed by atoms with van der Waals surface area (Å²) >= 11 is 0. The van der Waals surface area contributed by atoms with Gasteiger partial charge in [-0.1, -0.05) is 97.1 Å². The number of carboxylic acids is 1. The molecule has 224 valence electrons. The van der Waals surface area contributed by atoms with Crippen molar-refractivity contribution in [2.45, 2.75) is 32.4 Å². The SMILES string of the molecule is CC(=O)N(C[C@@H](Cc1cccc2ccccc12)C(=O)O)N1C(=O)N(Cc2ccccc2)[C@](C)(c2ccc(C=NN)cc2)C1=O. The zero-order chi connectivity index (χ0) is 31.4. The number of hydrazone groups is 1. The summed E-state index contributed by atoms with van der Waals surface area (Å²) in [6.45, 7) is 2.54. The van der Waals surface area contributed by atoms with Gasteiger partial charge in [-0.3, -0.25) is 19.3 Å². The Morgan fingerprint density at radius 2 is 1.61 bits per heavy atom. The Labute approximate surface area is 254 Å². The number of carbonyl (C=O) groups is 4. The summed E-state index contributed by atoms with van der Waals surface area (Å²) in [5, 5.41) is 17.4. The Hall–Kier alpha value is -5.51. The number of aliphatic carboxylic acids is 1. The number of nitrogens with zero attached hydrogens (tertiary/aromatic N) is 4. The lowest BCUT2D eigenvalue weighted by molar-refractivity contribution is -0.159. The summed E-state index contributed by atoms with van der Waals surface area (Å²) < 4.78 is 0. The molecule has 0 saturated carbocycles. The fourth-order valence-corrected chi connectivity index (χ4v) is 5.70. The second-order valence-electron chi connectivity index (χ2n) is 10.9. The number of benzene rings is 4. The van der Waals surface area contributed by atoms with Crippen LogP contribution in [-0.2, 0) is 32.9 Å². The molecule has 44 heavy (non-hydrogen) atoms.